The number of aryl methyl sites for hydroxylation is 2. The Bertz CT molecular complexity index is 1280. The average Bonchev–Trinajstić information content (AvgIpc) is 3.12. The summed E-state index contributed by atoms with van der Waals surface area (Å²) < 4.78 is 5.96. The van der Waals surface area contributed by atoms with Gasteiger partial charge in [0.05, 0.1) is 11.6 Å². The fraction of sp³-hybridized carbons (Fsp3) is 0.267. The number of amides is 1. The van der Waals surface area contributed by atoms with Crippen LogP contribution < -0.4 is 4.74 Å². The normalized spacial score (nSPS) is 17.1. The fourth-order valence-corrected chi connectivity index (χ4v) is 4.36. The van der Waals surface area contributed by atoms with Crippen molar-refractivity contribution in [3.8, 4) is 5.75 Å². The molecule has 1 heterocycles. The Labute approximate surface area is 212 Å². The van der Waals surface area contributed by atoms with Gasteiger partial charge in [0.1, 0.15) is 18.1 Å². The number of benzene rings is 3. The second kappa shape index (κ2) is 10.8. The van der Waals surface area contributed by atoms with Crippen molar-refractivity contribution in [2.45, 2.75) is 26.5 Å². The smallest absolute Gasteiger partial charge is 0.295 e. The number of likely N-dealkylation sites (tertiary alicyclic amines) is 1. The van der Waals surface area contributed by atoms with Crippen LogP contribution >= 0.6 is 0 Å². The molecule has 0 aromatic heterocycles. The lowest BCUT2D eigenvalue weighted by Gasteiger charge is -2.26. The molecule has 0 saturated carbocycles. The number of likely N-dealkylation sites (N-methyl/N-ethyl adjacent to an activating group) is 1. The predicted octanol–water partition coefficient (Wildman–Crippen LogP) is 4.87. The summed E-state index contributed by atoms with van der Waals surface area (Å²) >= 11 is 0. The molecule has 0 unspecified atom stereocenters. The SMILES string of the molecule is Cc1ccc([C@@H]2/C(=C(\O)c3ccc(OCc4ccccc4)c(C)c3)C(=O)C(=O)N2CCN(C)C)cc1. The van der Waals surface area contributed by atoms with Gasteiger partial charge in [0.25, 0.3) is 11.7 Å². The summed E-state index contributed by atoms with van der Waals surface area (Å²) in [6, 6.07) is 22.2. The number of aliphatic hydroxyl groups excluding tert-OH is 1. The van der Waals surface area contributed by atoms with E-state index in [4.69, 9.17) is 4.74 Å². The molecule has 0 aliphatic carbocycles. The molecule has 1 aliphatic heterocycles. The van der Waals surface area contributed by atoms with E-state index < -0.39 is 17.7 Å². The number of ether oxygens (including phenoxy) is 1. The van der Waals surface area contributed by atoms with Crippen LogP contribution in [0.25, 0.3) is 5.76 Å². The molecule has 3 aromatic carbocycles. The van der Waals surface area contributed by atoms with Gasteiger partial charge in [0.15, 0.2) is 0 Å². The molecule has 1 N–H and O–H groups in total. The summed E-state index contributed by atoms with van der Waals surface area (Å²) in [5, 5.41) is 11.3. The number of ketones is 1. The lowest BCUT2D eigenvalue weighted by atomic mass is 9.94. The van der Waals surface area contributed by atoms with Crippen molar-refractivity contribution < 1.29 is 19.4 Å². The Morgan fingerprint density at radius 2 is 1.67 bits per heavy atom. The first kappa shape index (κ1) is 25.2. The minimum absolute atomic E-state index is 0.111. The summed E-state index contributed by atoms with van der Waals surface area (Å²) in [5.74, 6) is -0.747. The van der Waals surface area contributed by atoms with Crippen molar-refractivity contribution >= 4 is 17.4 Å². The van der Waals surface area contributed by atoms with E-state index >= 15 is 0 Å². The number of Topliss-reactive ketones (excluding diaryl/α,β-unsaturated/α-hetero) is 1. The molecule has 0 spiro atoms. The van der Waals surface area contributed by atoms with Crippen LogP contribution in [0, 0.1) is 13.8 Å². The maximum Gasteiger partial charge on any atom is 0.295 e. The summed E-state index contributed by atoms with van der Waals surface area (Å²) in [4.78, 5) is 29.8. The van der Waals surface area contributed by atoms with Gasteiger partial charge in [-0.3, -0.25) is 9.59 Å². The lowest BCUT2D eigenvalue weighted by Crippen LogP contribution is -2.35. The van der Waals surface area contributed by atoms with E-state index in [1.165, 1.54) is 0 Å². The number of carbonyl (C=O) groups is 2. The van der Waals surface area contributed by atoms with E-state index in [2.05, 4.69) is 0 Å². The largest absolute Gasteiger partial charge is 0.507 e. The van der Waals surface area contributed by atoms with Gasteiger partial charge in [0.2, 0.25) is 0 Å². The molecule has 1 atom stereocenters. The highest BCUT2D eigenvalue weighted by atomic mass is 16.5. The number of hydrogen-bond acceptors (Lipinski definition) is 5. The van der Waals surface area contributed by atoms with Crippen LogP contribution in [0.1, 0.15) is 33.9 Å². The Kier molecular flexibility index (Phi) is 7.55. The van der Waals surface area contributed by atoms with Gasteiger partial charge in [-0.05, 0) is 62.8 Å². The standard InChI is InChI=1S/C30H32N2O4/c1-20-10-12-23(13-11-20)27-26(29(34)30(35)32(27)17-16-31(3)4)28(33)24-14-15-25(21(2)18-24)36-19-22-8-6-5-7-9-22/h5-15,18,27,33H,16-17,19H2,1-4H3/b28-26+/t27-/m1/s1. The zero-order valence-corrected chi connectivity index (χ0v) is 21.2. The number of carbonyl (C=O) groups excluding carboxylic acids is 2. The van der Waals surface area contributed by atoms with Crippen molar-refractivity contribution in [2.24, 2.45) is 0 Å². The van der Waals surface area contributed by atoms with Crippen LogP contribution in [-0.2, 0) is 16.2 Å². The predicted molar refractivity (Wildman–Crippen MR) is 141 cm³/mol. The van der Waals surface area contributed by atoms with Crippen LogP contribution in [0.2, 0.25) is 0 Å². The molecule has 36 heavy (non-hydrogen) atoms. The summed E-state index contributed by atoms with van der Waals surface area (Å²) in [5.41, 5.74) is 4.33. The molecular formula is C30H32N2O4. The van der Waals surface area contributed by atoms with Gasteiger partial charge in [-0.25, -0.2) is 0 Å². The summed E-state index contributed by atoms with van der Waals surface area (Å²) in [7, 11) is 3.84. The highest BCUT2D eigenvalue weighted by molar-refractivity contribution is 6.46. The minimum Gasteiger partial charge on any atom is -0.507 e. The van der Waals surface area contributed by atoms with Crippen molar-refractivity contribution in [1.29, 1.82) is 0 Å². The molecular weight excluding hydrogens is 452 g/mol. The first-order chi connectivity index (χ1) is 17.3. The lowest BCUT2D eigenvalue weighted by molar-refractivity contribution is -0.140. The molecule has 1 amide bonds. The van der Waals surface area contributed by atoms with Crippen LogP contribution in [0.4, 0.5) is 0 Å². The Morgan fingerprint density at radius 3 is 2.31 bits per heavy atom. The van der Waals surface area contributed by atoms with Gasteiger partial charge >= 0.3 is 0 Å². The second-order valence-corrected chi connectivity index (χ2v) is 9.46. The quantitative estimate of drug-likeness (QED) is 0.281. The molecule has 3 aromatic rings. The third kappa shape index (κ3) is 5.34. The third-order valence-electron chi connectivity index (χ3n) is 6.41. The molecule has 0 radical (unpaired) electrons. The first-order valence-corrected chi connectivity index (χ1v) is 12.0. The van der Waals surface area contributed by atoms with Gasteiger partial charge < -0.3 is 19.6 Å². The first-order valence-electron chi connectivity index (χ1n) is 12.0. The van der Waals surface area contributed by atoms with E-state index in [-0.39, 0.29) is 11.3 Å². The maximum atomic E-state index is 13.2. The van der Waals surface area contributed by atoms with Crippen molar-refractivity contribution in [2.75, 3.05) is 27.2 Å². The van der Waals surface area contributed by atoms with E-state index in [1.54, 1.807) is 23.1 Å². The van der Waals surface area contributed by atoms with E-state index in [0.717, 1.165) is 22.3 Å². The van der Waals surface area contributed by atoms with Gasteiger partial charge in [-0.15, -0.1) is 0 Å². The minimum atomic E-state index is -0.668. The number of rotatable bonds is 8. The van der Waals surface area contributed by atoms with Crippen molar-refractivity contribution in [3.05, 3.63) is 106 Å². The highest BCUT2D eigenvalue weighted by Gasteiger charge is 2.45. The second-order valence-electron chi connectivity index (χ2n) is 9.46. The number of aliphatic hydroxyl groups is 1. The Hall–Kier alpha value is -3.90. The van der Waals surface area contributed by atoms with Crippen LogP contribution in [0.3, 0.4) is 0 Å². The number of hydrogen-bond donors (Lipinski definition) is 1. The summed E-state index contributed by atoms with van der Waals surface area (Å²) in [6.07, 6.45) is 0. The van der Waals surface area contributed by atoms with E-state index in [0.29, 0.717) is 31.0 Å². The molecule has 186 valence electrons. The van der Waals surface area contributed by atoms with Crippen LogP contribution in [-0.4, -0.2) is 53.8 Å². The van der Waals surface area contributed by atoms with Gasteiger partial charge in [-0.2, -0.15) is 0 Å². The summed E-state index contributed by atoms with van der Waals surface area (Å²) in [6.45, 7) is 5.28. The molecule has 0 bridgehead atoms. The van der Waals surface area contributed by atoms with Gasteiger partial charge in [0, 0.05) is 18.7 Å². The van der Waals surface area contributed by atoms with E-state index in [1.807, 2.05) is 87.4 Å². The molecule has 1 saturated heterocycles. The Morgan fingerprint density at radius 1 is 0.972 bits per heavy atom. The van der Waals surface area contributed by atoms with Gasteiger partial charge in [-0.1, -0.05) is 60.2 Å². The van der Waals surface area contributed by atoms with E-state index in [9.17, 15) is 14.7 Å². The molecule has 6 heteroatoms. The molecule has 4 rings (SSSR count). The molecule has 6 nitrogen and oxygen atoms in total. The molecule has 1 aliphatic rings. The van der Waals surface area contributed by atoms with Crippen molar-refractivity contribution in [3.63, 3.8) is 0 Å². The average molecular weight is 485 g/mol. The van der Waals surface area contributed by atoms with Crippen molar-refractivity contribution in [1.82, 2.24) is 9.80 Å². The fourth-order valence-electron chi connectivity index (χ4n) is 4.36. The zero-order chi connectivity index (χ0) is 25.8. The third-order valence-corrected chi connectivity index (χ3v) is 6.41. The monoisotopic (exact) mass is 484 g/mol. The highest BCUT2D eigenvalue weighted by Crippen LogP contribution is 2.39. The van der Waals surface area contributed by atoms with Crippen LogP contribution in [0.5, 0.6) is 5.75 Å². The maximum absolute atomic E-state index is 13.2. The van der Waals surface area contributed by atoms with Crippen LogP contribution in [0.15, 0.2) is 78.4 Å². The topological polar surface area (TPSA) is 70.1 Å². The molecule has 1 fully saturated rings. The number of nitrogens with zero attached hydrogens (tertiary/aromatic N) is 2. The zero-order valence-electron chi connectivity index (χ0n) is 21.2. The Balaban J connectivity index is 1.69.